The van der Waals surface area contributed by atoms with Crippen molar-refractivity contribution in [1.29, 1.82) is 0 Å². The van der Waals surface area contributed by atoms with E-state index < -0.39 is 0 Å². The van der Waals surface area contributed by atoms with Crippen LogP contribution in [0.15, 0.2) is 0 Å². The Labute approximate surface area is 101 Å². The molecule has 3 atom stereocenters. The zero-order valence-corrected chi connectivity index (χ0v) is 11.5. The molecule has 2 rings (SSSR count). The maximum atomic E-state index is 11.0. The standard InChI is InChI=1S/C15H28O/c1-5-6-7-9-15(16)11-12-8-10-14(15,4)13(12,2)3/h12,16H,5-11H2,1-4H3/t12-,14+,15+/m1/s1. The number of hydrogen-bond acceptors (Lipinski definition) is 1. The molecule has 0 aromatic heterocycles. The largest absolute Gasteiger partial charge is 0.389 e. The number of unbranched alkanes of at least 4 members (excludes halogenated alkanes) is 2. The Bertz CT molecular complexity index is 271. The van der Waals surface area contributed by atoms with Gasteiger partial charge in [-0.25, -0.2) is 0 Å². The van der Waals surface area contributed by atoms with Crippen molar-refractivity contribution in [3.05, 3.63) is 0 Å². The second-order valence-corrected chi connectivity index (χ2v) is 6.98. The molecule has 0 heterocycles. The first-order valence-electron chi connectivity index (χ1n) is 7.10. The van der Waals surface area contributed by atoms with E-state index in [0.717, 1.165) is 18.8 Å². The Morgan fingerprint density at radius 3 is 2.31 bits per heavy atom. The van der Waals surface area contributed by atoms with Gasteiger partial charge in [-0.15, -0.1) is 0 Å². The van der Waals surface area contributed by atoms with E-state index in [1.165, 1.54) is 32.1 Å². The van der Waals surface area contributed by atoms with Gasteiger partial charge < -0.3 is 5.11 Å². The molecule has 2 aliphatic carbocycles. The summed E-state index contributed by atoms with van der Waals surface area (Å²) in [6.07, 6.45) is 8.36. The minimum absolute atomic E-state index is 0.165. The van der Waals surface area contributed by atoms with Crippen molar-refractivity contribution in [2.75, 3.05) is 0 Å². The fourth-order valence-electron chi connectivity index (χ4n) is 4.46. The zero-order valence-electron chi connectivity index (χ0n) is 11.5. The van der Waals surface area contributed by atoms with E-state index >= 15 is 0 Å². The highest BCUT2D eigenvalue weighted by molar-refractivity contribution is 5.17. The number of rotatable bonds is 4. The molecule has 0 aromatic rings. The summed E-state index contributed by atoms with van der Waals surface area (Å²) in [5.74, 6) is 0.754. The van der Waals surface area contributed by atoms with Crippen molar-refractivity contribution in [3.8, 4) is 0 Å². The minimum Gasteiger partial charge on any atom is -0.389 e. The fraction of sp³-hybridized carbons (Fsp3) is 1.00. The molecule has 1 heteroatoms. The second kappa shape index (κ2) is 3.73. The molecule has 16 heavy (non-hydrogen) atoms. The van der Waals surface area contributed by atoms with Crippen molar-refractivity contribution >= 4 is 0 Å². The molecule has 2 fully saturated rings. The molecule has 0 spiro atoms. The molecular formula is C15H28O. The highest BCUT2D eigenvalue weighted by atomic mass is 16.3. The van der Waals surface area contributed by atoms with Gasteiger partial charge in [0.1, 0.15) is 0 Å². The van der Waals surface area contributed by atoms with Crippen LogP contribution in [0.1, 0.15) is 72.6 Å². The third-order valence-electron chi connectivity index (χ3n) is 6.24. The summed E-state index contributed by atoms with van der Waals surface area (Å²) in [4.78, 5) is 0. The van der Waals surface area contributed by atoms with Crippen molar-refractivity contribution in [3.63, 3.8) is 0 Å². The third kappa shape index (κ3) is 1.40. The van der Waals surface area contributed by atoms with Gasteiger partial charge >= 0.3 is 0 Å². The first-order valence-corrected chi connectivity index (χ1v) is 7.10. The van der Waals surface area contributed by atoms with Gasteiger partial charge in [-0.3, -0.25) is 0 Å². The Morgan fingerprint density at radius 1 is 1.19 bits per heavy atom. The highest BCUT2D eigenvalue weighted by Crippen LogP contribution is 2.70. The Kier molecular flexibility index (Phi) is 2.89. The SMILES string of the molecule is CCCCC[C@]1(O)C[C@H]2CC[C@@]1(C)C2(C)C. The molecule has 2 bridgehead atoms. The maximum absolute atomic E-state index is 11.0. The normalized spacial score (nSPS) is 45.2. The van der Waals surface area contributed by atoms with Crippen LogP contribution < -0.4 is 0 Å². The van der Waals surface area contributed by atoms with Gasteiger partial charge in [0.25, 0.3) is 0 Å². The lowest BCUT2D eigenvalue weighted by Crippen LogP contribution is -2.47. The molecule has 2 saturated carbocycles. The summed E-state index contributed by atoms with van der Waals surface area (Å²) in [7, 11) is 0. The maximum Gasteiger partial charge on any atom is 0.0709 e. The Hall–Kier alpha value is -0.0400. The van der Waals surface area contributed by atoms with Gasteiger partial charge in [0.05, 0.1) is 5.60 Å². The summed E-state index contributed by atoms with van der Waals surface area (Å²) < 4.78 is 0. The lowest BCUT2D eigenvalue weighted by Gasteiger charge is -2.45. The summed E-state index contributed by atoms with van der Waals surface area (Å²) in [6, 6.07) is 0. The monoisotopic (exact) mass is 224 g/mol. The molecule has 0 aromatic carbocycles. The van der Waals surface area contributed by atoms with Crippen LogP contribution in [0.25, 0.3) is 0 Å². The number of fused-ring (bicyclic) bond motifs is 2. The lowest BCUT2D eigenvalue weighted by atomic mass is 9.63. The van der Waals surface area contributed by atoms with Crippen molar-refractivity contribution in [2.45, 2.75) is 78.2 Å². The van der Waals surface area contributed by atoms with Crippen LogP contribution in [0.2, 0.25) is 0 Å². The molecule has 0 unspecified atom stereocenters. The third-order valence-corrected chi connectivity index (χ3v) is 6.24. The van der Waals surface area contributed by atoms with Gasteiger partial charge in [0.2, 0.25) is 0 Å². The molecule has 1 N–H and O–H groups in total. The van der Waals surface area contributed by atoms with Gasteiger partial charge in [0, 0.05) is 5.41 Å². The average Bonchev–Trinajstić information content (AvgIpc) is 2.50. The van der Waals surface area contributed by atoms with Crippen LogP contribution in [0.4, 0.5) is 0 Å². The molecule has 0 radical (unpaired) electrons. The smallest absolute Gasteiger partial charge is 0.0709 e. The predicted octanol–water partition coefficient (Wildman–Crippen LogP) is 4.14. The number of aliphatic hydroxyl groups is 1. The van der Waals surface area contributed by atoms with Gasteiger partial charge in [0.15, 0.2) is 0 Å². The summed E-state index contributed by atoms with van der Waals surface area (Å²) in [5.41, 5.74) is 0.140. The molecule has 1 nitrogen and oxygen atoms in total. The van der Waals surface area contributed by atoms with Gasteiger partial charge in [-0.05, 0) is 37.0 Å². The van der Waals surface area contributed by atoms with Gasteiger partial charge in [-0.2, -0.15) is 0 Å². The van der Waals surface area contributed by atoms with E-state index in [9.17, 15) is 5.11 Å². The van der Waals surface area contributed by atoms with E-state index in [4.69, 9.17) is 0 Å². The van der Waals surface area contributed by atoms with E-state index in [2.05, 4.69) is 27.7 Å². The predicted molar refractivity (Wildman–Crippen MR) is 68.3 cm³/mol. The molecule has 0 amide bonds. The van der Waals surface area contributed by atoms with E-state index in [1.54, 1.807) is 0 Å². The fourth-order valence-corrected chi connectivity index (χ4v) is 4.46. The van der Waals surface area contributed by atoms with Crippen LogP contribution in [0, 0.1) is 16.7 Å². The zero-order chi connectivity index (χ0) is 12.0. The average molecular weight is 224 g/mol. The molecule has 94 valence electrons. The summed E-state index contributed by atoms with van der Waals surface area (Å²) in [5, 5.41) is 11.0. The lowest BCUT2D eigenvalue weighted by molar-refractivity contribution is -0.0959. The Balaban J connectivity index is 2.13. The van der Waals surface area contributed by atoms with Crippen LogP contribution in [0.3, 0.4) is 0 Å². The first-order chi connectivity index (χ1) is 7.37. The second-order valence-electron chi connectivity index (χ2n) is 6.98. The quantitative estimate of drug-likeness (QED) is 0.711. The number of hydrogen-bond donors (Lipinski definition) is 1. The molecule has 0 saturated heterocycles. The van der Waals surface area contributed by atoms with Crippen LogP contribution >= 0.6 is 0 Å². The minimum atomic E-state index is -0.366. The van der Waals surface area contributed by atoms with Crippen molar-refractivity contribution < 1.29 is 5.11 Å². The van der Waals surface area contributed by atoms with Crippen molar-refractivity contribution in [2.24, 2.45) is 16.7 Å². The highest BCUT2D eigenvalue weighted by Gasteiger charge is 2.67. The van der Waals surface area contributed by atoms with Crippen molar-refractivity contribution in [1.82, 2.24) is 0 Å². The van der Waals surface area contributed by atoms with E-state index in [-0.39, 0.29) is 11.0 Å². The topological polar surface area (TPSA) is 20.2 Å². The summed E-state index contributed by atoms with van der Waals surface area (Å²) >= 11 is 0. The van der Waals surface area contributed by atoms with Crippen LogP contribution in [-0.4, -0.2) is 10.7 Å². The van der Waals surface area contributed by atoms with E-state index in [1.807, 2.05) is 0 Å². The molecular weight excluding hydrogens is 196 g/mol. The summed E-state index contributed by atoms with van der Waals surface area (Å²) in [6.45, 7) is 9.33. The molecule has 2 aliphatic rings. The Morgan fingerprint density at radius 2 is 1.88 bits per heavy atom. The van der Waals surface area contributed by atoms with E-state index in [0.29, 0.717) is 5.41 Å². The van der Waals surface area contributed by atoms with Crippen LogP contribution in [-0.2, 0) is 0 Å². The van der Waals surface area contributed by atoms with Crippen LogP contribution in [0.5, 0.6) is 0 Å². The molecule has 0 aliphatic heterocycles. The first kappa shape index (κ1) is 12.4. The van der Waals surface area contributed by atoms with Gasteiger partial charge in [-0.1, -0.05) is 47.0 Å².